The minimum atomic E-state index is -0.142. The van der Waals surface area contributed by atoms with Crippen molar-refractivity contribution in [3.05, 3.63) is 53.2 Å². The topological polar surface area (TPSA) is 85.6 Å². The van der Waals surface area contributed by atoms with E-state index in [-0.39, 0.29) is 11.7 Å². The Morgan fingerprint density at radius 3 is 3.00 bits per heavy atom. The fraction of sp³-hybridized carbons (Fsp3) is 0.278. The van der Waals surface area contributed by atoms with Crippen LogP contribution in [0.1, 0.15) is 23.2 Å². The van der Waals surface area contributed by atoms with E-state index in [4.69, 9.17) is 0 Å². The number of hydrogen-bond acceptors (Lipinski definition) is 6. The number of hydrogen-bond donors (Lipinski definition) is 1. The van der Waals surface area contributed by atoms with Gasteiger partial charge in [-0.2, -0.15) is 4.68 Å². The lowest BCUT2D eigenvalue weighted by Crippen LogP contribution is -2.15. The molecule has 1 aliphatic carbocycles. The third kappa shape index (κ3) is 3.60. The second kappa shape index (κ2) is 7.25. The van der Waals surface area contributed by atoms with Gasteiger partial charge in [0.05, 0.1) is 11.4 Å². The molecule has 0 unspecified atom stereocenters. The molecule has 2 aromatic heterocycles. The molecule has 0 aliphatic heterocycles. The maximum Gasteiger partial charge on any atom is 0.236 e. The van der Waals surface area contributed by atoms with Crippen LogP contribution in [0.5, 0.6) is 0 Å². The summed E-state index contributed by atoms with van der Waals surface area (Å²) < 4.78 is 1.68. The molecule has 1 amide bonds. The highest BCUT2D eigenvalue weighted by Gasteiger charge is 2.15. The van der Waals surface area contributed by atoms with Gasteiger partial charge in [-0.1, -0.05) is 23.9 Å². The summed E-state index contributed by atoms with van der Waals surface area (Å²) in [6, 6.07) is 11.8. The van der Waals surface area contributed by atoms with Crippen molar-refractivity contribution in [3.63, 3.8) is 0 Å². The number of amides is 1. The van der Waals surface area contributed by atoms with Crippen LogP contribution in [0, 0.1) is 6.92 Å². The summed E-state index contributed by atoms with van der Waals surface area (Å²) in [6.07, 6.45) is 3.43. The average Bonchev–Trinajstić information content (AvgIpc) is 3.28. The van der Waals surface area contributed by atoms with Crippen LogP contribution < -0.4 is 5.32 Å². The molecule has 1 aliphatic rings. The highest BCUT2D eigenvalue weighted by Crippen LogP contribution is 2.26. The van der Waals surface area contributed by atoms with Crippen molar-refractivity contribution in [2.24, 2.45) is 0 Å². The Morgan fingerprint density at radius 2 is 2.12 bits per heavy atom. The average molecular weight is 366 g/mol. The van der Waals surface area contributed by atoms with Crippen LogP contribution in [0.25, 0.3) is 5.69 Å². The molecule has 1 N–H and O–H groups in total. The molecule has 0 bridgehead atoms. The Labute approximate surface area is 155 Å². The molecule has 0 spiro atoms. The molecule has 26 heavy (non-hydrogen) atoms. The van der Waals surface area contributed by atoms with Crippen LogP contribution >= 0.6 is 11.8 Å². The van der Waals surface area contributed by atoms with E-state index in [1.54, 1.807) is 10.7 Å². The fourth-order valence-electron chi connectivity index (χ4n) is 3.04. The summed E-state index contributed by atoms with van der Waals surface area (Å²) in [5, 5.41) is 15.3. The van der Waals surface area contributed by atoms with Crippen LogP contribution in [0.4, 0.5) is 5.82 Å². The number of tetrazole rings is 1. The second-order valence-corrected chi connectivity index (χ2v) is 7.12. The first-order chi connectivity index (χ1) is 12.7. The predicted octanol–water partition coefficient (Wildman–Crippen LogP) is 2.59. The number of anilines is 1. The van der Waals surface area contributed by atoms with Crippen molar-refractivity contribution in [1.29, 1.82) is 0 Å². The summed E-state index contributed by atoms with van der Waals surface area (Å²) in [4.78, 5) is 16.4. The molecular formula is C18H18N6OS. The van der Waals surface area contributed by atoms with Crippen molar-refractivity contribution in [3.8, 4) is 5.69 Å². The molecule has 1 aromatic carbocycles. The number of nitrogens with zero attached hydrogens (tertiary/aromatic N) is 5. The predicted molar refractivity (Wildman–Crippen MR) is 99.5 cm³/mol. The number of aryl methyl sites for hydroxylation is 3. The summed E-state index contributed by atoms with van der Waals surface area (Å²) in [6.45, 7) is 1.88. The van der Waals surface area contributed by atoms with E-state index in [9.17, 15) is 4.79 Å². The van der Waals surface area contributed by atoms with Gasteiger partial charge < -0.3 is 5.32 Å². The van der Waals surface area contributed by atoms with Gasteiger partial charge in [0.1, 0.15) is 5.82 Å². The number of carbonyl (C=O) groups excluding carboxylic acids is 1. The van der Waals surface area contributed by atoms with Gasteiger partial charge in [0.2, 0.25) is 11.1 Å². The number of fused-ring (bicyclic) bond motifs is 1. The SMILES string of the molecule is Cc1cccc(NC(=O)CSc2nnnn2-c2ccc3c(c2)CCC3)n1. The van der Waals surface area contributed by atoms with E-state index in [0.29, 0.717) is 11.0 Å². The largest absolute Gasteiger partial charge is 0.310 e. The van der Waals surface area contributed by atoms with Crippen LogP contribution in [0.2, 0.25) is 0 Å². The van der Waals surface area contributed by atoms with E-state index in [1.165, 1.54) is 29.3 Å². The van der Waals surface area contributed by atoms with E-state index in [0.717, 1.165) is 24.2 Å². The first-order valence-electron chi connectivity index (χ1n) is 8.46. The van der Waals surface area contributed by atoms with Gasteiger partial charge in [0.15, 0.2) is 0 Å². The number of benzene rings is 1. The van der Waals surface area contributed by atoms with Gasteiger partial charge in [-0.15, -0.1) is 5.10 Å². The van der Waals surface area contributed by atoms with Crippen LogP contribution in [0.3, 0.4) is 0 Å². The van der Waals surface area contributed by atoms with E-state index in [2.05, 4.69) is 38.0 Å². The zero-order valence-electron chi connectivity index (χ0n) is 14.3. The van der Waals surface area contributed by atoms with Gasteiger partial charge in [-0.25, -0.2) is 4.98 Å². The lowest BCUT2D eigenvalue weighted by Gasteiger charge is -2.07. The molecule has 8 heteroatoms. The monoisotopic (exact) mass is 366 g/mol. The van der Waals surface area contributed by atoms with E-state index in [1.807, 2.05) is 25.1 Å². The van der Waals surface area contributed by atoms with Crippen LogP contribution in [0.15, 0.2) is 41.6 Å². The summed E-state index contributed by atoms with van der Waals surface area (Å²) in [7, 11) is 0. The molecule has 4 rings (SSSR count). The smallest absolute Gasteiger partial charge is 0.236 e. The molecule has 0 radical (unpaired) electrons. The minimum Gasteiger partial charge on any atom is -0.310 e. The van der Waals surface area contributed by atoms with Gasteiger partial charge in [0.25, 0.3) is 0 Å². The lowest BCUT2D eigenvalue weighted by atomic mass is 10.1. The van der Waals surface area contributed by atoms with Gasteiger partial charge in [0, 0.05) is 5.69 Å². The standard InChI is InChI=1S/C18H18N6OS/c1-12-4-2-7-16(19-12)20-17(25)11-26-18-21-22-23-24(18)15-9-8-13-5-3-6-14(13)10-15/h2,4,7-10H,3,5-6,11H2,1H3,(H,19,20,25). The Balaban J connectivity index is 1.43. The minimum absolute atomic E-state index is 0.142. The Bertz CT molecular complexity index is 954. The maximum atomic E-state index is 12.2. The number of pyridine rings is 1. The fourth-order valence-corrected chi connectivity index (χ4v) is 3.73. The van der Waals surface area contributed by atoms with Crippen LogP contribution in [-0.2, 0) is 17.6 Å². The molecule has 0 saturated carbocycles. The lowest BCUT2D eigenvalue weighted by molar-refractivity contribution is -0.113. The Hall–Kier alpha value is -2.74. The quantitative estimate of drug-likeness (QED) is 0.699. The normalized spacial score (nSPS) is 12.8. The molecule has 3 aromatic rings. The molecule has 7 nitrogen and oxygen atoms in total. The van der Waals surface area contributed by atoms with E-state index >= 15 is 0 Å². The highest BCUT2D eigenvalue weighted by atomic mass is 32.2. The Kier molecular flexibility index (Phi) is 4.66. The number of thioether (sulfide) groups is 1. The Morgan fingerprint density at radius 1 is 1.23 bits per heavy atom. The molecule has 2 heterocycles. The second-order valence-electron chi connectivity index (χ2n) is 6.18. The zero-order valence-corrected chi connectivity index (χ0v) is 15.2. The molecule has 0 atom stereocenters. The summed E-state index contributed by atoms with van der Waals surface area (Å²) in [5.74, 6) is 0.617. The first kappa shape index (κ1) is 16.7. The van der Waals surface area contributed by atoms with E-state index < -0.39 is 0 Å². The third-order valence-corrected chi connectivity index (χ3v) is 5.18. The molecule has 0 saturated heterocycles. The zero-order chi connectivity index (χ0) is 17.9. The maximum absolute atomic E-state index is 12.2. The molecular weight excluding hydrogens is 348 g/mol. The number of carbonyl (C=O) groups is 1. The van der Waals surface area contributed by atoms with Gasteiger partial charge >= 0.3 is 0 Å². The molecule has 0 fully saturated rings. The summed E-state index contributed by atoms with van der Waals surface area (Å²) in [5.41, 5.74) is 4.55. The van der Waals surface area contributed by atoms with Crippen molar-refractivity contribution in [2.45, 2.75) is 31.3 Å². The number of aromatic nitrogens is 5. The van der Waals surface area contributed by atoms with Crippen LogP contribution in [-0.4, -0.2) is 36.9 Å². The van der Waals surface area contributed by atoms with Crippen molar-refractivity contribution in [2.75, 3.05) is 11.1 Å². The van der Waals surface area contributed by atoms with Crippen molar-refractivity contribution >= 4 is 23.5 Å². The molecule has 132 valence electrons. The number of nitrogens with one attached hydrogen (secondary N) is 1. The number of rotatable bonds is 5. The first-order valence-corrected chi connectivity index (χ1v) is 9.44. The summed E-state index contributed by atoms with van der Waals surface area (Å²) >= 11 is 1.30. The van der Waals surface area contributed by atoms with Gasteiger partial charge in [-0.05, 0) is 72.0 Å². The van der Waals surface area contributed by atoms with Gasteiger partial charge in [-0.3, -0.25) is 4.79 Å². The van der Waals surface area contributed by atoms with Crippen molar-refractivity contribution < 1.29 is 4.79 Å². The van der Waals surface area contributed by atoms with Crippen molar-refractivity contribution in [1.82, 2.24) is 25.2 Å². The highest BCUT2D eigenvalue weighted by molar-refractivity contribution is 7.99. The third-order valence-electron chi connectivity index (χ3n) is 4.26.